The fraction of sp³-hybridized carbons (Fsp3) is 0.435. The zero-order valence-corrected chi connectivity index (χ0v) is 15.7. The molecule has 142 valence electrons. The predicted octanol–water partition coefficient (Wildman–Crippen LogP) is 3.70. The van der Waals surface area contributed by atoms with E-state index in [2.05, 4.69) is 30.3 Å². The highest BCUT2D eigenvalue weighted by Crippen LogP contribution is 2.27. The Bertz CT molecular complexity index is 747. The Morgan fingerprint density at radius 1 is 0.889 bits per heavy atom. The van der Waals surface area contributed by atoms with Crippen LogP contribution in [0.15, 0.2) is 54.6 Å². The Kier molecular flexibility index (Phi) is 5.85. The number of aryl methyl sites for hydroxylation is 2. The quantitative estimate of drug-likeness (QED) is 0.811. The summed E-state index contributed by atoms with van der Waals surface area (Å²) in [4.78, 5) is 15.1. The molecule has 0 atom stereocenters. The van der Waals surface area contributed by atoms with Gasteiger partial charge in [0, 0.05) is 24.6 Å². The number of piperidine rings is 1. The molecule has 27 heavy (non-hydrogen) atoms. The van der Waals surface area contributed by atoms with Crippen LogP contribution in [-0.2, 0) is 22.3 Å². The van der Waals surface area contributed by atoms with Gasteiger partial charge in [0.1, 0.15) is 0 Å². The van der Waals surface area contributed by atoms with Crippen molar-refractivity contribution in [3.63, 3.8) is 0 Å². The standard InChI is InChI=1S/C23H27NO3/c25-22(24-14-12-20(13-15-24)23-26-16-17-27-23)21-9-5-4-8-19(21)11-10-18-6-2-1-3-7-18/h1-9,20,23H,10-17H2. The second-order valence-electron chi connectivity index (χ2n) is 7.38. The van der Waals surface area contributed by atoms with Gasteiger partial charge in [-0.15, -0.1) is 0 Å². The van der Waals surface area contributed by atoms with Crippen molar-refractivity contribution in [2.24, 2.45) is 5.92 Å². The maximum absolute atomic E-state index is 13.1. The van der Waals surface area contributed by atoms with Crippen molar-refractivity contribution in [2.45, 2.75) is 32.0 Å². The fourth-order valence-corrected chi connectivity index (χ4v) is 4.06. The monoisotopic (exact) mass is 365 g/mol. The van der Waals surface area contributed by atoms with E-state index in [1.54, 1.807) is 0 Å². The number of rotatable bonds is 5. The molecule has 2 fully saturated rings. The van der Waals surface area contributed by atoms with Gasteiger partial charge in [-0.3, -0.25) is 4.79 Å². The Morgan fingerprint density at radius 2 is 1.56 bits per heavy atom. The van der Waals surface area contributed by atoms with Crippen LogP contribution in [-0.4, -0.2) is 43.4 Å². The number of hydrogen-bond donors (Lipinski definition) is 0. The summed E-state index contributed by atoms with van der Waals surface area (Å²) in [6.45, 7) is 2.94. The molecule has 0 aromatic heterocycles. The third-order valence-electron chi connectivity index (χ3n) is 5.63. The molecule has 2 aliphatic rings. The van der Waals surface area contributed by atoms with E-state index in [1.165, 1.54) is 5.56 Å². The number of hydrogen-bond acceptors (Lipinski definition) is 3. The van der Waals surface area contributed by atoms with Gasteiger partial charge >= 0.3 is 0 Å². The Hall–Kier alpha value is -2.17. The van der Waals surface area contributed by atoms with Gasteiger partial charge in [0.2, 0.25) is 0 Å². The average Bonchev–Trinajstić information content (AvgIpc) is 3.28. The Labute approximate surface area is 161 Å². The molecule has 4 nitrogen and oxygen atoms in total. The van der Waals surface area contributed by atoms with Crippen LogP contribution in [0.25, 0.3) is 0 Å². The zero-order valence-electron chi connectivity index (χ0n) is 15.7. The summed E-state index contributed by atoms with van der Waals surface area (Å²) in [7, 11) is 0. The van der Waals surface area contributed by atoms with Crippen LogP contribution < -0.4 is 0 Å². The van der Waals surface area contributed by atoms with Gasteiger partial charge in [0.05, 0.1) is 13.2 Å². The van der Waals surface area contributed by atoms with Gasteiger partial charge in [-0.2, -0.15) is 0 Å². The van der Waals surface area contributed by atoms with Crippen LogP contribution in [0.1, 0.15) is 34.3 Å². The normalized spacial score (nSPS) is 18.7. The highest BCUT2D eigenvalue weighted by molar-refractivity contribution is 5.95. The van der Waals surface area contributed by atoms with E-state index in [9.17, 15) is 4.79 Å². The van der Waals surface area contributed by atoms with Crippen molar-refractivity contribution in [2.75, 3.05) is 26.3 Å². The molecule has 4 heteroatoms. The Balaban J connectivity index is 1.38. The lowest BCUT2D eigenvalue weighted by molar-refractivity contribution is -0.0956. The van der Waals surface area contributed by atoms with Crippen molar-refractivity contribution < 1.29 is 14.3 Å². The summed E-state index contributed by atoms with van der Waals surface area (Å²) in [5.41, 5.74) is 3.29. The lowest BCUT2D eigenvalue weighted by Crippen LogP contribution is -2.41. The molecule has 2 aromatic rings. The molecular weight excluding hydrogens is 338 g/mol. The van der Waals surface area contributed by atoms with Gasteiger partial charge < -0.3 is 14.4 Å². The molecule has 0 aliphatic carbocycles. The first-order valence-electron chi connectivity index (χ1n) is 9.95. The van der Waals surface area contributed by atoms with E-state index in [0.717, 1.165) is 49.9 Å². The van der Waals surface area contributed by atoms with Crippen molar-refractivity contribution in [1.29, 1.82) is 0 Å². The molecule has 2 aromatic carbocycles. The van der Waals surface area contributed by atoms with E-state index in [0.29, 0.717) is 19.1 Å². The summed E-state index contributed by atoms with van der Waals surface area (Å²) >= 11 is 0. The first kappa shape index (κ1) is 18.2. The number of nitrogens with zero attached hydrogens (tertiary/aromatic N) is 1. The molecule has 0 N–H and O–H groups in total. The number of ether oxygens (including phenoxy) is 2. The van der Waals surface area contributed by atoms with E-state index in [1.807, 2.05) is 29.2 Å². The molecule has 0 radical (unpaired) electrons. The van der Waals surface area contributed by atoms with Gasteiger partial charge in [-0.1, -0.05) is 48.5 Å². The zero-order chi connectivity index (χ0) is 18.5. The minimum Gasteiger partial charge on any atom is -0.350 e. The first-order valence-corrected chi connectivity index (χ1v) is 9.95. The minimum atomic E-state index is -0.0691. The lowest BCUT2D eigenvalue weighted by Gasteiger charge is -2.34. The molecule has 2 saturated heterocycles. The third-order valence-corrected chi connectivity index (χ3v) is 5.63. The summed E-state index contributed by atoms with van der Waals surface area (Å²) in [6.07, 6.45) is 3.65. The Morgan fingerprint density at radius 3 is 2.30 bits per heavy atom. The highest BCUT2D eigenvalue weighted by Gasteiger charge is 2.32. The molecule has 0 unspecified atom stereocenters. The van der Waals surface area contributed by atoms with Crippen molar-refractivity contribution >= 4 is 5.91 Å². The topological polar surface area (TPSA) is 38.8 Å². The second-order valence-corrected chi connectivity index (χ2v) is 7.38. The molecule has 1 amide bonds. The molecule has 4 rings (SSSR count). The maximum Gasteiger partial charge on any atom is 0.254 e. The largest absolute Gasteiger partial charge is 0.350 e. The van der Waals surface area contributed by atoms with E-state index >= 15 is 0 Å². The average molecular weight is 365 g/mol. The van der Waals surface area contributed by atoms with Crippen LogP contribution in [0.4, 0.5) is 0 Å². The SMILES string of the molecule is O=C(c1ccccc1CCc1ccccc1)N1CCC(C2OCCO2)CC1. The number of amides is 1. The van der Waals surface area contributed by atoms with Crippen LogP contribution >= 0.6 is 0 Å². The van der Waals surface area contributed by atoms with Crippen molar-refractivity contribution in [3.8, 4) is 0 Å². The van der Waals surface area contributed by atoms with Gasteiger partial charge in [0.25, 0.3) is 5.91 Å². The molecule has 0 bridgehead atoms. The van der Waals surface area contributed by atoms with Gasteiger partial charge in [0.15, 0.2) is 6.29 Å². The highest BCUT2D eigenvalue weighted by atomic mass is 16.7. The van der Waals surface area contributed by atoms with Crippen molar-refractivity contribution in [1.82, 2.24) is 4.90 Å². The molecule has 0 spiro atoms. The third kappa shape index (κ3) is 4.40. The first-order chi connectivity index (χ1) is 13.3. The van der Waals surface area contributed by atoms with Gasteiger partial charge in [-0.05, 0) is 42.9 Å². The maximum atomic E-state index is 13.1. The summed E-state index contributed by atoms with van der Waals surface area (Å²) in [5, 5.41) is 0. The minimum absolute atomic E-state index is 0.0691. The summed E-state index contributed by atoms with van der Waals surface area (Å²) < 4.78 is 11.3. The van der Waals surface area contributed by atoms with E-state index < -0.39 is 0 Å². The van der Waals surface area contributed by atoms with Crippen LogP contribution in [0, 0.1) is 5.92 Å². The fourth-order valence-electron chi connectivity index (χ4n) is 4.06. The molecular formula is C23H27NO3. The van der Waals surface area contributed by atoms with Crippen LogP contribution in [0.3, 0.4) is 0 Å². The second kappa shape index (κ2) is 8.68. The predicted molar refractivity (Wildman–Crippen MR) is 105 cm³/mol. The van der Waals surface area contributed by atoms with Gasteiger partial charge in [-0.25, -0.2) is 0 Å². The molecule has 2 aliphatic heterocycles. The van der Waals surface area contributed by atoms with Crippen molar-refractivity contribution in [3.05, 3.63) is 71.3 Å². The number of carbonyl (C=O) groups is 1. The van der Waals surface area contributed by atoms with Crippen LogP contribution in [0.5, 0.6) is 0 Å². The lowest BCUT2D eigenvalue weighted by atomic mass is 9.94. The van der Waals surface area contributed by atoms with E-state index in [-0.39, 0.29) is 12.2 Å². The van der Waals surface area contributed by atoms with Crippen LogP contribution in [0.2, 0.25) is 0 Å². The summed E-state index contributed by atoms with van der Waals surface area (Å²) in [5.74, 6) is 0.565. The number of carbonyl (C=O) groups excluding carboxylic acids is 1. The smallest absolute Gasteiger partial charge is 0.254 e. The molecule has 2 heterocycles. The number of likely N-dealkylation sites (tertiary alicyclic amines) is 1. The number of benzene rings is 2. The molecule has 0 saturated carbocycles. The summed E-state index contributed by atoms with van der Waals surface area (Å²) in [6, 6.07) is 18.5. The van der Waals surface area contributed by atoms with E-state index in [4.69, 9.17) is 9.47 Å².